The van der Waals surface area contributed by atoms with Crippen molar-refractivity contribution in [1.82, 2.24) is 14.7 Å². The van der Waals surface area contributed by atoms with Crippen molar-refractivity contribution in [3.8, 4) is 11.5 Å². The van der Waals surface area contributed by atoms with Crippen LogP contribution in [0.25, 0.3) is 0 Å². The summed E-state index contributed by atoms with van der Waals surface area (Å²) >= 11 is 0. The van der Waals surface area contributed by atoms with E-state index in [1.165, 1.54) is 19.3 Å². The number of hydrogen-bond acceptors (Lipinski definition) is 5. The summed E-state index contributed by atoms with van der Waals surface area (Å²) < 4.78 is 11.4. The van der Waals surface area contributed by atoms with Gasteiger partial charge in [0, 0.05) is 45.2 Å². The van der Waals surface area contributed by atoms with Crippen LogP contribution in [0.3, 0.4) is 0 Å². The zero-order chi connectivity index (χ0) is 20.8. The summed E-state index contributed by atoms with van der Waals surface area (Å²) in [7, 11) is 2.19. The van der Waals surface area contributed by atoms with Crippen molar-refractivity contribution >= 4 is 5.91 Å². The maximum atomic E-state index is 13.4. The minimum absolute atomic E-state index is 0.208. The number of piperazine rings is 1. The first-order valence-electron chi connectivity index (χ1n) is 11.8. The number of fused-ring (bicyclic) bond motifs is 1. The normalized spacial score (nSPS) is 20.8. The first-order valence-corrected chi connectivity index (χ1v) is 11.8. The summed E-state index contributed by atoms with van der Waals surface area (Å²) in [6.07, 6.45) is 6.79. The molecule has 3 aliphatic rings. The highest BCUT2D eigenvalue weighted by molar-refractivity contribution is 5.79. The Morgan fingerprint density at radius 2 is 1.77 bits per heavy atom. The van der Waals surface area contributed by atoms with Crippen LogP contribution in [0.4, 0.5) is 0 Å². The number of rotatable bonds is 7. The Labute approximate surface area is 181 Å². The van der Waals surface area contributed by atoms with Gasteiger partial charge in [-0.2, -0.15) is 0 Å². The number of hydrogen-bond donors (Lipinski definition) is 0. The average molecular weight is 416 g/mol. The molecule has 6 nitrogen and oxygen atoms in total. The molecule has 1 aromatic rings. The van der Waals surface area contributed by atoms with E-state index in [-0.39, 0.29) is 5.92 Å². The molecule has 0 bridgehead atoms. The van der Waals surface area contributed by atoms with Crippen molar-refractivity contribution in [2.45, 2.75) is 45.1 Å². The van der Waals surface area contributed by atoms with Crippen LogP contribution in [0.1, 0.15) is 44.1 Å². The van der Waals surface area contributed by atoms with Gasteiger partial charge in [0.05, 0.1) is 0 Å². The number of ether oxygens (including phenoxy) is 2. The Bertz CT molecular complexity index is 697. The summed E-state index contributed by atoms with van der Waals surface area (Å²) in [5.41, 5.74) is 1.13. The van der Waals surface area contributed by atoms with E-state index in [0.717, 1.165) is 75.6 Å². The molecule has 0 N–H and O–H groups in total. The third kappa shape index (κ3) is 5.67. The lowest BCUT2D eigenvalue weighted by Gasteiger charge is -2.34. The van der Waals surface area contributed by atoms with Gasteiger partial charge >= 0.3 is 0 Å². The molecule has 166 valence electrons. The van der Waals surface area contributed by atoms with Crippen molar-refractivity contribution in [2.24, 2.45) is 5.92 Å². The number of nitrogens with zero attached hydrogens (tertiary/aromatic N) is 3. The van der Waals surface area contributed by atoms with Crippen LogP contribution < -0.4 is 9.47 Å². The van der Waals surface area contributed by atoms with Crippen molar-refractivity contribution < 1.29 is 14.3 Å². The SMILES string of the molecule is CN1CCN(CCCN(Cc2ccc3c(c2)OCCO3)C(=O)C2CCCCC2)CC1. The fraction of sp³-hybridized carbons (Fsp3) is 0.708. The van der Waals surface area contributed by atoms with E-state index in [1.807, 2.05) is 6.07 Å². The lowest BCUT2D eigenvalue weighted by atomic mass is 9.88. The highest BCUT2D eigenvalue weighted by Crippen LogP contribution is 2.32. The molecule has 2 aliphatic heterocycles. The predicted molar refractivity (Wildman–Crippen MR) is 118 cm³/mol. The number of benzene rings is 1. The maximum Gasteiger partial charge on any atom is 0.225 e. The minimum atomic E-state index is 0.208. The van der Waals surface area contributed by atoms with Crippen LogP contribution in [-0.4, -0.2) is 80.1 Å². The largest absolute Gasteiger partial charge is 0.486 e. The summed E-state index contributed by atoms with van der Waals surface area (Å²) in [6, 6.07) is 6.11. The second-order valence-corrected chi connectivity index (χ2v) is 9.07. The van der Waals surface area contributed by atoms with E-state index in [9.17, 15) is 4.79 Å². The molecule has 4 rings (SSSR count). The van der Waals surface area contributed by atoms with Crippen LogP contribution in [-0.2, 0) is 11.3 Å². The number of amides is 1. The van der Waals surface area contributed by atoms with E-state index in [0.29, 0.717) is 25.7 Å². The Morgan fingerprint density at radius 1 is 1.03 bits per heavy atom. The Morgan fingerprint density at radius 3 is 2.53 bits per heavy atom. The van der Waals surface area contributed by atoms with Crippen LogP contribution in [0.2, 0.25) is 0 Å². The summed E-state index contributed by atoms with van der Waals surface area (Å²) in [5.74, 6) is 2.18. The first kappa shape index (κ1) is 21.4. The topological polar surface area (TPSA) is 45.2 Å². The van der Waals surface area contributed by atoms with Gasteiger partial charge < -0.3 is 24.2 Å². The molecule has 2 fully saturated rings. The molecule has 0 radical (unpaired) electrons. The van der Waals surface area contributed by atoms with Gasteiger partial charge in [0.25, 0.3) is 0 Å². The van der Waals surface area contributed by atoms with Crippen molar-refractivity contribution in [3.63, 3.8) is 0 Å². The summed E-state index contributed by atoms with van der Waals surface area (Å²) in [6.45, 7) is 8.31. The van der Waals surface area contributed by atoms with Gasteiger partial charge in [0.15, 0.2) is 11.5 Å². The van der Waals surface area contributed by atoms with E-state index in [1.54, 1.807) is 0 Å². The molecule has 2 heterocycles. The standard InChI is InChI=1S/C24H37N3O3/c1-25-12-14-26(15-13-25)10-5-11-27(24(28)21-6-3-2-4-7-21)19-20-8-9-22-23(18-20)30-17-16-29-22/h8-9,18,21H,2-7,10-17,19H2,1H3. The summed E-state index contributed by atoms with van der Waals surface area (Å²) in [5, 5.41) is 0. The monoisotopic (exact) mass is 415 g/mol. The molecule has 1 aromatic carbocycles. The average Bonchev–Trinajstić information content (AvgIpc) is 2.80. The van der Waals surface area contributed by atoms with Gasteiger partial charge in [0.1, 0.15) is 13.2 Å². The van der Waals surface area contributed by atoms with Crippen LogP contribution in [0.15, 0.2) is 18.2 Å². The molecule has 1 saturated carbocycles. The minimum Gasteiger partial charge on any atom is -0.486 e. The molecule has 30 heavy (non-hydrogen) atoms. The van der Waals surface area contributed by atoms with Gasteiger partial charge in [-0.05, 0) is 50.6 Å². The Hall–Kier alpha value is -1.79. The molecule has 1 amide bonds. The molecular weight excluding hydrogens is 378 g/mol. The van der Waals surface area contributed by atoms with E-state index in [2.05, 4.69) is 33.9 Å². The van der Waals surface area contributed by atoms with Crippen molar-refractivity contribution in [3.05, 3.63) is 23.8 Å². The van der Waals surface area contributed by atoms with Gasteiger partial charge in [-0.1, -0.05) is 25.3 Å². The molecule has 0 spiro atoms. The molecule has 6 heteroatoms. The Kier molecular flexibility index (Phi) is 7.50. The fourth-order valence-corrected chi connectivity index (χ4v) is 4.84. The summed E-state index contributed by atoms with van der Waals surface area (Å²) in [4.78, 5) is 20.4. The van der Waals surface area contributed by atoms with E-state index in [4.69, 9.17) is 9.47 Å². The zero-order valence-corrected chi connectivity index (χ0v) is 18.5. The highest BCUT2D eigenvalue weighted by atomic mass is 16.6. The number of carbonyl (C=O) groups is 1. The first-order chi connectivity index (χ1) is 14.7. The predicted octanol–water partition coefficient (Wildman–Crippen LogP) is 3.00. The highest BCUT2D eigenvalue weighted by Gasteiger charge is 2.26. The van der Waals surface area contributed by atoms with Gasteiger partial charge in [0.2, 0.25) is 5.91 Å². The lowest BCUT2D eigenvalue weighted by molar-refractivity contribution is -0.137. The van der Waals surface area contributed by atoms with E-state index >= 15 is 0 Å². The van der Waals surface area contributed by atoms with Crippen LogP contribution >= 0.6 is 0 Å². The van der Waals surface area contributed by atoms with Crippen molar-refractivity contribution in [1.29, 1.82) is 0 Å². The smallest absolute Gasteiger partial charge is 0.225 e. The molecule has 0 atom stereocenters. The fourth-order valence-electron chi connectivity index (χ4n) is 4.84. The molecule has 0 aromatic heterocycles. The lowest BCUT2D eigenvalue weighted by Crippen LogP contribution is -2.45. The molecule has 1 aliphatic carbocycles. The molecular formula is C24H37N3O3. The number of likely N-dealkylation sites (N-methyl/N-ethyl adjacent to an activating group) is 1. The second-order valence-electron chi connectivity index (χ2n) is 9.07. The van der Waals surface area contributed by atoms with Gasteiger partial charge in [-0.15, -0.1) is 0 Å². The maximum absolute atomic E-state index is 13.4. The van der Waals surface area contributed by atoms with Gasteiger partial charge in [-0.25, -0.2) is 0 Å². The van der Waals surface area contributed by atoms with Crippen LogP contribution in [0.5, 0.6) is 11.5 Å². The third-order valence-electron chi connectivity index (χ3n) is 6.74. The third-order valence-corrected chi connectivity index (χ3v) is 6.74. The molecule has 1 saturated heterocycles. The Balaban J connectivity index is 1.38. The second kappa shape index (κ2) is 10.5. The van der Waals surface area contributed by atoms with Crippen molar-refractivity contribution in [2.75, 3.05) is 59.5 Å². The van der Waals surface area contributed by atoms with Gasteiger partial charge in [-0.3, -0.25) is 4.79 Å². The zero-order valence-electron chi connectivity index (χ0n) is 18.5. The van der Waals surface area contributed by atoms with E-state index < -0.39 is 0 Å². The number of carbonyl (C=O) groups excluding carboxylic acids is 1. The quantitative estimate of drug-likeness (QED) is 0.685. The molecule has 0 unspecified atom stereocenters. The van der Waals surface area contributed by atoms with Crippen LogP contribution in [0, 0.1) is 5.92 Å².